The molecule has 1 atom stereocenters. The monoisotopic (exact) mass is 530 g/mol. The summed E-state index contributed by atoms with van der Waals surface area (Å²) in [7, 11) is 0. The van der Waals surface area contributed by atoms with Crippen molar-refractivity contribution >= 4 is 46.6 Å². The van der Waals surface area contributed by atoms with E-state index in [2.05, 4.69) is 5.32 Å². The Morgan fingerprint density at radius 1 is 0.829 bits per heavy atom. The van der Waals surface area contributed by atoms with Gasteiger partial charge in [-0.25, -0.2) is 0 Å². The minimum atomic E-state index is -0.747. The van der Waals surface area contributed by atoms with Crippen molar-refractivity contribution in [2.75, 3.05) is 0 Å². The Balaban J connectivity index is 2.01. The average Bonchev–Trinajstić information content (AvgIpc) is 2.79. The highest BCUT2D eigenvalue weighted by Crippen LogP contribution is 2.25. The van der Waals surface area contributed by atoms with Crippen molar-refractivity contribution in [1.29, 1.82) is 0 Å². The zero-order chi connectivity index (χ0) is 25.6. The lowest BCUT2D eigenvalue weighted by Gasteiger charge is -2.34. The first-order valence-electron chi connectivity index (χ1n) is 11.4. The third-order valence-electron chi connectivity index (χ3n) is 5.41. The fourth-order valence-corrected chi connectivity index (χ4v) is 4.26. The number of hydrogen-bond acceptors (Lipinski definition) is 2. The van der Waals surface area contributed by atoms with E-state index >= 15 is 0 Å². The smallest absolute Gasteiger partial charge is 0.243 e. The van der Waals surface area contributed by atoms with Crippen molar-refractivity contribution in [2.45, 2.75) is 51.7 Å². The van der Waals surface area contributed by atoms with Crippen LogP contribution in [0, 0.1) is 0 Å². The largest absolute Gasteiger partial charge is 0.350 e. The number of nitrogens with one attached hydrogen (secondary N) is 1. The molecule has 3 aromatic carbocycles. The lowest BCUT2D eigenvalue weighted by atomic mass is 10.00. The number of hydrogen-bond donors (Lipinski definition) is 1. The molecule has 7 heteroatoms. The maximum atomic E-state index is 13.8. The number of nitrogens with zero attached hydrogens (tertiary/aromatic N) is 1. The average molecular weight is 532 g/mol. The van der Waals surface area contributed by atoms with Gasteiger partial charge in [-0.05, 0) is 55.7 Å². The third-order valence-corrected chi connectivity index (χ3v) is 6.51. The highest BCUT2D eigenvalue weighted by molar-refractivity contribution is 6.42. The fraction of sp³-hybridized carbons (Fsp3) is 0.286. The van der Waals surface area contributed by atoms with E-state index in [1.165, 1.54) is 0 Å². The zero-order valence-electron chi connectivity index (χ0n) is 20.0. The second-order valence-corrected chi connectivity index (χ2v) is 10.7. The van der Waals surface area contributed by atoms with Crippen molar-refractivity contribution in [1.82, 2.24) is 10.2 Å². The molecule has 0 aliphatic carbocycles. The van der Waals surface area contributed by atoms with Gasteiger partial charge in [-0.15, -0.1) is 0 Å². The highest BCUT2D eigenvalue weighted by Gasteiger charge is 2.32. The van der Waals surface area contributed by atoms with Crippen molar-refractivity contribution in [3.63, 3.8) is 0 Å². The van der Waals surface area contributed by atoms with Crippen molar-refractivity contribution < 1.29 is 9.59 Å². The summed E-state index contributed by atoms with van der Waals surface area (Å²) in [5.74, 6) is -0.441. The molecule has 3 rings (SSSR count). The van der Waals surface area contributed by atoms with Crippen LogP contribution in [0.4, 0.5) is 0 Å². The molecular weight excluding hydrogens is 503 g/mol. The SMILES string of the molecule is CC(C)(C)NC(=O)[C@@H](Cc1ccccc1)N(Cc1ccccc1Cl)C(=O)Cc1ccc(Cl)c(Cl)c1. The molecule has 4 nitrogen and oxygen atoms in total. The number of amides is 2. The Kier molecular flexibility index (Phi) is 9.23. The Hall–Kier alpha value is -2.53. The summed E-state index contributed by atoms with van der Waals surface area (Å²) in [4.78, 5) is 28.9. The minimum absolute atomic E-state index is 0.0649. The predicted molar refractivity (Wildman–Crippen MR) is 144 cm³/mol. The second kappa shape index (κ2) is 11.9. The third kappa shape index (κ3) is 7.99. The zero-order valence-corrected chi connectivity index (χ0v) is 22.3. The van der Waals surface area contributed by atoms with E-state index in [9.17, 15) is 9.59 Å². The summed E-state index contributed by atoms with van der Waals surface area (Å²) in [5.41, 5.74) is 1.96. The van der Waals surface area contributed by atoms with Crippen LogP contribution in [0.2, 0.25) is 15.1 Å². The Morgan fingerprint density at radius 2 is 1.49 bits per heavy atom. The molecule has 0 aliphatic rings. The summed E-state index contributed by atoms with van der Waals surface area (Å²) in [6.07, 6.45) is 0.426. The predicted octanol–water partition coefficient (Wildman–Crippen LogP) is 6.74. The summed E-state index contributed by atoms with van der Waals surface area (Å²) in [6, 6.07) is 21.4. The first-order valence-corrected chi connectivity index (χ1v) is 12.5. The topological polar surface area (TPSA) is 49.4 Å². The van der Waals surface area contributed by atoms with Crippen LogP contribution in [0.1, 0.15) is 37.5 Å². The first kappa shape index (κ1) is 27.1. The molecule has 0 bridgehead atoms. The number of carbonyl (C=O) groups is 2. The molecule has 0 spiro atoms. The van der Waals surface area contributed by atoms with Gasteiger partial charge >= 0.3 is 0 Å². The molecule has 0 aromatic heterocycles. The van der Waals surface area contributed by atoms with E-state index in [4.69, 9.17) is 34.8 Å². The van der Waals surface area contributed by atoms with Crippen LogP contribution in [-0.2, 0) is 29.0 Å². The minimum Gasteiger partial charge on any atom is -0.350 e. The van der Waals surface area contributed by atoms with Gasteiger partial charge in [0.1, 0.15) is 6.04 Å². The summed E-state index contributed by atoms with van der Waals surface area (Å²) in [6.45, 7) is 5.94. The fourth-order valence-electron chi connectivity index (χ4n) is 3.74. The van der Waals surface area contributed by atoms with Gasteiger partial charge in [0, 0.05) is 23.5 Å². The molecule has 0 fully saturated rings. The quantitative estimate of drug-likeness (QED) is 0.350. The molecule has 3 aromatic rings. The van der Waals surface area contributed by atoms with Crippen LogP contribution in [0.5, 0.6) is 0 Å². The van der Waals surface area contributed by atoms with Crippen LogP contribution in [0.15, 0.2) is 72.8 Å². The first-order chi connectivity index (χ1) is 16.5. The molecule has 0 aliphatic heterocycles. The lowest BCUT2D eigenvalue weighted by Crippen LogP contribution is -2.54. The normalized spacial score (nSPS) is 12.2. The van der Waals surface area contributed by atoms with Gasteiger partial charge in [0.05, 0.1) is 16.5 Å². The molecule has 184 valence electrons. The molecule has 2 amide bonds. The second-order valence-electron chi connectivity index (χ2n) is 9.48. The van der Waals surface area contributed by atoms with E-state index in [1.807, 2.05) is 69.3 Å². The molecule has 0 saturated heterocycles. The highest BCUT2D eigenvalue weighted by atomic mass is 35.5. The lowest BCUT2D eigenvalue weighted by molar-refractivity contribution is -0.141. The van der Waals surface area contributed by atoms with E-state index in [-0.39, 0.29) is 24.8 Å². The van der Waals surface area contributed by atoms with Gasteiger partial charge in [-0.1, -0.05) is 89.4 Å². The Morgan fingerprint density at radius 3 is 2.11 bits per heavy atom. The number of benzene rings is 3. The maximum absolute atomic E-state index is 13.8. The Labute approximate surface area is 222 Å². The summed E-state index contributed by atoms with van der Waals surface area (Å²) >= 11 is 18.7. The van der Waals surface area contributed by atoms with Crippen LogP contribution >= 0.6 is 34.8 Å². The van der Waals surface area contributed by atoms with Gasteiger partial charge in [0.15, 0.2) is 0 Å². The van der Waals surface area contributed by atoms with Gasteiger partial charge < -0.3 is 10.2 Å². The van der Waals surface area contributed by atoms with Crippen LogP contribution in [-0.4, -0.2) is 28.3 Å². The molecular formula is C28H29Cl3N2O2. The molecule has 1 N–H and O–H groups in total. The van der Waals surface area contributed by atoms with Crippen LogP contribution in [0.3, 0.4) is 0 Å². The summed E-state index contributed by atoms with van der Waals surface area (Å²) in [5, 5.41) is 4.38. The van der Waals surface area contributed by atoms with Crippen molar-refractivity contribution in [3.05, 3.63) is 105 Å². The van der Waals surface area contributed by atoms with E-state index < -0.39 is 11.6 Å². The number of rotatable bonds is 8. The standard InChI is InChI=1S/C28H29Cl3N2O2/c1-28(2,3)32-27(35)25(16-19-9-5-4-6-10-19)33(18-21-11-7-8-12-22(21)29)26(34)17-20-13-14-23(30)24(31)15-20/h4-15,25H,16-18H2,1-3H3,(H,32,35)/t25-/m1/s1. The van der Waals surface area contributed by atoms with Crippen molar-refractivity contribution in [3.8, 4) is 0 Å². The van der Waals surface area contributed by atoms with E-state index in [1.54, 1.807) is 29.2 Å². The molecule has 0 heterocycles. The van der Waals surface area contributed by atoms with Crippen LogP contribution in [0.25, 0.3) is 0 Å². The maximum Gasteiger partial charge on any atom is 0.243 e. The number of halogens is 3. The molecule has 0 radical (unpaired) electrons. The molecule has 35 heavy (non-hydrogen) atoms. The Bertz CT molecular complexity index is 1180. The van der Waals surface area contributed by atoms with E-state index in [0.29, 0.717) is 27.1 Å². The van der Waals surface area contributed by atoms with Gasteiger partial charge in [0.2, 0.25) is 11.8 Å². The number of carbonyl (C=O) groups excluding carboxylic acids is 2. The van der Waals surface area contributed by atoms with Crippen molar-refractivity contribution in [2.24, 2.45) is 0 Å². The van der Waals surface area contributed by atoms with Gasteiger partial charge in [0.25, 0.3) is 0 Å². The summed E-state index contributed by atoms with van der Waals surface area (Å²) < 4.78 is 0. The van der Waals surface area contributed by atoms with E-state index in [0.717, 1.165) is 11.1 Å². The van der Waals surface area contributed by atoms with Gasteiger partial charge in [-0.2, -0.15) is 0 Å². The van der Waals surface area contributed by atoms with Gasteiger partial charge in [-0.3, -0.25) is 9.59 Å². The van der Waals surface area contributed by atoms with Crippen LogP contribution < -0.4 is 5.32 Å². The molecule has 0 saturated carbocycles. The molecule has 0 unspecified atom stereocenters.